The minimum atomic E-state index is -4.47. The number of hydrogen-bond donors (Lipinski definition) is 1. The summed E-state index contributed by atoms with van der Waals surface area (Å²) < 4.78 is 68.1. The predicted octanol–water partition coefficient (Wildman–Crippen LogP) is 5.59. The van der Waals surface area contributed by atoms with Crippen molar-refractivity contribution in [1.29, 1.82) is 0 Å². The average Bonchev–Trinajstić information content (AvgIpc) is 3.29. The van der Waals surface area contributed by atoms with Gasteiger partial charge in [-0.05, 0) is 79.4 Å². The summed E-state index contributed by atoms with van der Waals surface area (Å²) in [5.41, 5.74) is 0.534. The number of alkyl halides is 3. The molecule has 196 valence electrons. The fourth-order valence-corrected chi connectivity index (χ4v) is 4.93. The molecule has 1 amide bonds. The number of aromatic nitrogens is 1. The number of carbonyl (C=O) groups excluding carboxylic acids is 1. The molecule has 37 heavy (non-hydrogen) atoms. The van der Waals surface area contributed by atoms with Crippen LogP contribution in [0, 0.1) is 0 Å². The van der Waals surface area contributed by atoms with E-state index in [9.17, 15) is 26.4 Å². The van der Waals surface area contributed by atoms with Crippen molar-refractivity contribution in [2.75, 3.05) is 18.1 Å². The highest BCUT2D eigenvalue weighted by Crippen LogP contribution is 2.34. The molecule has 1 aliphatic rings. The molecule has 2 heterocycles. The second-order valence-corrected chi connectivity index (χ2v) is 11.0. The largest absolute Gasteiger partial charge is 0.457 e. The minimum Gasteiger partial charge on any atom is -0.457 e. The molecule has 1 fully saturated rings. The van der Waals surface area contributed by atoms with Crippen molar-refractivity contribution in [3.8, 4) is 11.5 Å². The zero-order valence-electron chi connectivity index (χ0n) is 20.2. The Hall–Kier alpha value is -3.60. The van der Waals surface area contributed by atoms with E-state index in [0.717, 1.165) is 36.9 Å². The molecular weight excluding hydrogens is 507 g/mol. The van der Waals surface area contributed by atoms with Gasteiger partial charge < -0.3 is 15.0 Å². The molecule has 0 spiro atoms. The van der Waals surface area contributed by atoms with Crippen LogP contribution in [0.15, 0.2) is 65.7 Å². The van der Waals surface area contributed by atoms with Crippen LogP contribution in [0.5, 0.6) is 11.5 Å². The highest BCUT2D eigenvalue weighted by molar-refractivity contribution is 7.90. The predicted molar refractivity (Wildman–Crippen MR) is 133 cm³/mol. The standard InChI is InChI=1S/C26H26F3N3O4S/c1-17(33)32-13-3-4-21(32)15-18-14-20(31-25-12-5-19(16-30-25)26(27,28)29)6-11-24(18)36-22-7-9-23(10-8-22)37(2,34)35/h5-12,14,16,21H,3-4,13,15H2,1-2H3,(H,30,31). The molecule has 0 radical (unpaired) electrons. The number of sulfone groups is 1. The van der Waals surface area contributed by atoms with E-state index in [1.807, 2.05) is 11.0 Å². The second kappa shape index (κ2) is 10.4. The molecule has 7 nitrogen and oxygen atoms in total. The summed E-state index contributed by atoms with van der Waals surface area (Å²) in [5.74, 6) is 1.20. The molecule has 1 atom stereocenters. The van der Waals surface area contributed by atoms with Gasteiger partial charge in [0, 0.05) is 37.7 Å². The van der Waals surface area contributed by atoms with E-state index in [0.29, 0.717) is 30.2 Å². The third kappa shape index (κ3) is 6.59. The van der Waals surface area contributed by atoms with Crippen LogP contribution in [0.25, 0.3) is 0 Å². The van der Waals surface area contributed by atoms with Crippen LogP contribution in [0.4, 0.5) is 24.7 Å². The van der Waals surface area contributed by atoms with Gasteiger partial charge in [-0.3, -0.25) is 4.79 Å². The van der Waals surface area contributed by atoms with Crippen molar-refractivity contribution in [3.05, 3.63) is 71.9 Å². The smallest absolute Gasteiger partial charge is 0.417 e. The van der Waals surface area contributed by atoms with Crippen molar-refractivity contribution in [1.82, 2.24) is 9.88 Å². The van der Waals surface area contributed by atoms with Crippen molar-refractivity contribution < 1.29 is 31.1 Å². The number of rotatable bonds is 7. The Morgan fingerprint density at radius 1 is 1.14 bits per heavy atom. The number of amides is 1. The maximum absolute atomic E-state index is 12.9. The average molecular weight is 534 g/mol. The number of likely N-dealkylation sites (tertiary alicyclic amines) is 1. The van der Waals surface area contributed by atoms with Gasteiger partial charge in [0.1, 0.15) is 17.3 Å². The van der Waals surface area contributed by atoms with Crippen LogP contribution in [-0.2, 0) is 27.2 Å². The molecule has 1 saturated heterocycles. The Kier molecular flexibility index (Phi) is 7.44. The number of pyridine rings is 1. The molecule has 3 aromatic rings. The fourth-order valence-electron chi connectivity index (χ4n) is 4.30. The summed E-state index contributed by atoms with van der Waals surface area (Å²) in [6, 6.07) is 13.5. The first-order valence-electron chi connectivity index (χ1n) is 11.6. The Morgan fingerprint density at radius 2 is 1.86 bits per heavy atom. The molecule has 0 aliphatic carbocycles. The molecule has 0 saturated carbocycles. The Labute approximate surface area is 213 Å². The first-order chi connectivity index (χ1) is 17.4. The Bertz CT molecular complexity index is 1380. The summed E-state index contributed by atoms with van der Waals surface area (Å²) in [6.07, 6.45) is -0.348. The maximum atomic E-state index is 12.9. The van der Waals surface area contributed by atoms with E-state index >= 15 is 0 Å². The van der Waals surface area contributed by atoms with Gasteiger partial charge in [0.05, 0.1) is 10.5 Å². The van der Waals surface area contributed by atoms with Gasteiger partial charge in [0.25, 0.3) is 0 Å². The van der Waals surface area contributed by atoms with Crippen LogP contribution in [0.1, 0.15) is 30.9 Å². The highest BCUT2D eigenvalue weighted by atomic mass is 32.2. The molecule has 0 bridgehead atoms. The van der Waals surface area contributed by atoms with E-state index in [4.69, 9.17) is 4.74 Å². The van der Waals surface area contributed by atoms with Crippen LogP contribution < -0.4 is 10.1 Å². The summed E-state index contributed by atoms with van der Waals surface area (Å²) in [4.78, 5) is 17.9. The zero-order chi connectivity index (χ0) is 26.8. The number of benzene rings is 2. The number of nitrogens with zero attached hydrogens (tertiary/aromatic N) is 2. The maximum Gasteiger partial charge on any atom is 0.417 e. The van der Waals surface area contributed by atoms with Crippen LogP contribution in [0.2, 0.25) is 0 Å². The van der Waals surface area contributed by atoms with Gasteiger partial charge in [-0.1, -0.05) is 0 Å². The highest BCUT2D eigenvalue weighted by Gasteiger charge is 2.31. The lowest BCUT2D eigenvalue weighted by Crippen LogP contribution is -2.35. The lowest BCUT2D eigenvalue weighted by molar-refractivity contribution is -0.137. The van der Waals surface area contributed by atoms with E-state index in [2.05, 4.69) is 10.3 Å². The number of hydrogen-bond acceptors (Lipinski definition) is 6. The lowest BCUT2D eigenvalue weighted by atomic mass is 10.0. The molecule has 11 heteroatoms. The van der Waals surface area contributed by atoms with E-state index in [1.165, 1.54) is 25.1 Å². The Balaban J connectivity index is 1.61. The van der Waals surface area contributed by atoms with Gasteiger partial charge in [-0.15, -0.1) is 0 Å². The summed E-state index contributed by atoms with van der Waals surface area (Å²) in [5, 5.41) is 3.02. The van der Waals surface area contributed by atoms with Gasteiger partial charge in [0.2, 0.25) is 5.91 Å². The summed E-state index contributed by atoms with van der Waals surface area (Å²) in [6.45, 7) is 2.21. The van der Waals surface area contributed by atoms with Crippen LogP contribution in [-0.4, -0.2) is 43.1 Å². The van der Waals surface area contributed by atoms with E-state index < -0.39 is 21.6 Å². The van der Waals surface area contributed by atoms with Crippen LogP contribution in [0.3, 0.4) is 0 Å². The molecule has 1 aliphatic heterocycles. The number of carbonyl (C=O) groups is 1. The quantitative estimate of drug-likeness (QED) is 0.426. The van der Waals surface area contributed by atoms with Gasteiger partial charge in [-0.25, -0.2) is 13.4 Å². The SMILES string of the molecule is CC(=O)N1CCCC1Cc1cc(Nc2ccc(C(F)(F)F)cn2)ccc1Oc1ccc(S(C)(=O)=O)cc1. The number of anilines is 2. The number of ether oxygens (including phenoxy) is 1. The van der Waals surface area contributed by atoms with Gasteiger partial charge in [0.15, 0.2) is 9.84 Å². The number of nitrogens with one attached hydrogen (secondary N) is 1. The normalized spacial score (nSPS) is 16.0. The molecule has 1 aromatic heterocycles. The topological polar surface area (TPSA) is 88.6 Å². The van der Waals surface area contributed by atoms with Crippen molar-refractivity contribution >= 4 is 27.2 Å². The van der Waals surface area contributed by atoms with Gasteiger partial charge in [-0.2, -0.15) is 13.2 Å². The lowest BCUT2D eigenvalue weighted by Gasteiger charge is -2.24. The van der Waals surface area contributed by atoms with Crippen molar-refractivity contribution in [3.63, 3.8) is 0 Å². The van der Waals surface area contributed by atoms with Crippen molar-refractivity contribution in [2.45, 2.75) is 43.3 Å². The molecular formula is C26H26F3N3O4S. The third-order valence-electron chi connectivity index (χ3n) is 6.14. The first kappa shape index (κ1) is 26.5. The molecule has 1 unspecified atom stereocenters. The van der Waals surface area contributed by atoms with Gasteiger partial charge >= 0.3 is 6.18 Å². The summed E-state index contributed by atoms with van der Waals surface area (Å²) >= 11 is 0. The zero-order valence-corrected chi connectivity index (χ0v) is 21.1. The number of halogens is 3. The molecule has 1 N–H and O–H groups in total. The van der Waals surface area contributed by atoms with Crippen molar-refractivity contribution in [2.24, 2.45) is 0 Å². The van der Waals surface area contributed by atoms with E-state index in [-0.39, 0.29) is 22.7 Å². The van der Waals surface area contributed by atoms with E-state index in [1.54, 1.807) is 24.3 Å². The van der Waals surface area contributed by atoms with Crippen LogP contribution >= 0.6 is 0 Å². The first-order valence-corrected chi connectivity index (χ1v) is 13.5. The monoisotopic (exact) mass is 533 g/mol. The summed E-state index contributed by atoms with van der Waals surface area (Å²) in [7, 11) is -3.35. The minimum absolute atomic E-state index is 0.00966. The fraction of sp³-hybridized carbons (Fsp3) is 0.308. The second-order valence-electron chi connectivity index (χ2n) is 8.94. The molecule has 2 aromatic carbocycles. The third-order valence-corrected chi connectivity index (χ3v) is 7.27. The molecule has 4 rings (SSSR count). The Morgan fingerprint density at radius 3 is 2.46 bits per heavy atom.